The predicted octanol–water partition coefficient (Wildman–Crippen LogP) is 3.46. The van der Waals surface area contributed by atoms with Crippen LogP contribution in [0.15, 0.2) is 12.1 Å². The van der Waals surface area contributed by atoms with Gasteiger partial charge >= 0.3 is 11.6 Å². The number of carbonyl (C=O) groups is 2. The van der Waals surface area contributed by atoms with E-state index in [4.69, 9.17) is 4.74 Å². The smallest absolute Gasteiger partial charge is 0.441 e. The molecular formula is C25H34F3N3O3S. The van der Waals surface area contributed by atoms with Crippen molar-refractivity contribution in [3.8, 4) is 0 Å². The third kappa shape index (κ3) is 7.56. The summed E-state index contributed by atoms with van der Waals surface area (Å²) >= 11 is -0.146. The zero-order valence-electron chi connectivity index (χ0n) is 20.9. The summed E-state index contributed by atoms with van der Waals surface area (Å²) in [5, 5.41) is 4.56. The SMILES string of the molecule is Cc1c(C(=O)NCCSC(F)(F)F)ccc2c1=CN(CC1CN(C(=O)OC(C)(C)C)C1)C(C)CC=2. The molecular weight excluding hydrogens is 479 g/mol. The summed E-state index contributed by atoms with van der Waals surface area (Å²) in [6.45, 7) is 11.5. The van der Waals surface area contributed by atoms with Crippen molar-refractivity contribution >= 4 is 36.0 Å². The normalized spacial score (nSPS) is 18.6. The van der Waals surface area contributed by atoms with Crippen molar-refractivity contribution in [1.29, 1.82) is 0 Å². The first kappa shape index (κ1) is 27.2. The molecule has 2 aliphatic heterocycles. The average Bonchev–Trinajstić information content (AvgIpc) is 2.85. The van der Waals surface area contributed by atoms with Gasteiger partial charge in [0, 0.05) is 60.9 Å². The first-order valence-corrected chi connectivity index (χ1v) is 12.8. The molecule has 1 aromatic carbocycles. The lowest BCUT2D eigenvalue weighted by Crippen LogP contribution is -2.55. The fourth-order valence-electron chi connectivity index (χ4n) is 4.19. The van der Waals surface area contributed by atoms with Gasteiger partial charge < -0.3 is 19.9 Å². The zero-order valence-corrected chi connectivity index (χ0v) is 21.7. The van der Waals surface area contributed by atoms with E-state index in [1.54, 1.807) is 11.0 Å². The monoisotopic (exact) mass is 513 g/mol. The Bertz CT molecular complexity index is 1060. The number of benzene rings is 1. The quantitative estimate of drug-likeness (QED) is 0.591. The largest absolute Gasteiger partial charge is 0.444 e. The third-order valence-corrected chi connectivity index (χ3v) is 6.80. The topological polar surface area (TPSA) is 61.9 Å². The maximum Gasteiger partial charge on any atom is 0.441 e. The average molecular weight is 514 g/mol. The van der Waals surface area contributed by atoms with Gasteiger partial charge in [-0.3, -0.25) is 4.79 Å². The van der Waals surface area contributed by atoms with Crippen LogP contribution in [0, 0.1) is 12.8 Å². The van der Waals surface area contributed by atoms with Crippen LogP contribution in [0.25, 0.3) is 12.3 Å². The van der Waals surface area contributed by atoms with Crippen LogP contribution in [-0.2, 0) is 4.74 Å². The third-order valence-electron chi connectivity index (χ3n) is 6.06. The van der Waals surface area contributed by atoms with Gasteiger partial charge in [0.2, 0.25) is 0 Å². The molecule has 1 saturated heterocycles. The number of halogens is 3. The standard InChI is InChI=1S/C25H34F3N3O3S/c1-16-6-7-19-8-9-20(22(32)29-10-11-35-25(26,27)28)17(2)21(19)15-30(16)12-18-13-31(14-18)23(33)34-24(3,4)5/h7-9,15-16,18H,6,10-14H2,1-5H3,(H,29,32). The van der Waals surface area contributed by atoms with Crippen LogP contribution < -0.4 is 15.8 Å². The van der Waals surface area contributed by atoms with Gasteiger partial charge in [0.25, 0.3) is 5.91 Å². The molecule has 0 aliphatic carbocycles. The van der Waals surface area contributed by atoms with Gasteiger partial charge in [-0.25, -0.2) is 4.79 Å². The summed E-state index contributed by atoms with van der Waals surface area (Å²) in [5.41, 5.74) is -3.57. The summed E-state index contributed by atoms with van der Waals surface area (Å²) in [5.74, 6) is -0.287. The van der Waals surface area contributed by atoms with E-state index in [-0.39, 0.29) is 42.1 Å². The number of fused-ring (bicyclic) bond motifs is 1. The first-order valence-electron chi connectivity index (χ1n) is 11.8. The van der Waals surface area contributed by atoms with Crippen molar-refractivity contribution in [3.63, 3.8) is 0 Å². The van der Waals surface area contributed by atoms with E-state index < -0.39 is 11.1 Å². The highest BCUT2D eigenvalue weighted by molar-refractivity contribution is 8.00. The Morgan fingerprint density at radius 2 is 1.89 bits per heavy atom. The number of thioether (sulfide) groups is 1. The molecule has 1 N–H and O–H groups in total. The maximum absolute atomic E-state index is 12.7. The van der Waals surface area contributed by atoms with E-state index in [1.165, 1.54) is 0 Å². The summed E-state index contributed by atoms with van der Waals surface area (Å²) in [6.07, 6.45) is 4.77. The lowest BCUT2D eigenvalue weighted by atomic mass is 9.99. The van der Waals surface area contributed by atoms with Crippen molar-refractivity contribution < 1.29 is 27.5 Å². The van der Waals surface area contributed by atoms with E-state index in [9.17, 15) is 22.8 Å². The fourth-order valence-corrected chi connectivity index (χ4v) is 4.62. The number of amides is 2. The van der Waals surface area contributed by atoms with Crippen molar-refractivity contribution in [2.75, 3.05) is 31.9 Å². The van der Waals surface area contributed by atoms with Crippen LogP contribution in [0.3, 0.4) is 0 Å². The number of likely N-dealkylation sites (tertiary alicyclic amines) is 1. The van der Waals surface area contributed by atoms with E-state index in [0.29, 0.717) is 24.6 Å². The molecule has 1 atom stereocenters. The molecule has 35 heavy (non-hydrogen) atoms. The van der Waals surface area contributed by atoms with E-state index in [1.807, 2.05) is 33.8 Å². The Morgan fingerprint density at radius 3 is 2.51 bits per heavy atom. The van der Waals surface area contributed by atoms with Gasteiger partial charge in [-0.2, -0.15) is 13.2 Å². The molecule has 0 saturated carbocycles. The first-order chi connectivity index (χ1) is 16.2. The molecule has 0 spiro atoms. The Balaban J connectivity index is 1.68. The Kier molecular flexibility index (Phi) is 8.34. The second kappa shape index (κ2) is 10.7. The van der Waals surface area contributed by atoms with Crippen LogP contribution in [0.5, 0.6) is 0 Å². The van der Waals surface area contributed by atoms with Crippen LogP contribution in [0.2, 0.25) is 0 Å². The van der Waals surface area contributed by atoms with Crippen molar-refractivity contribution in [1.82, 2.24) is 15.1 Å². The lowest BCUT2D eigenvalue weighted by molar-refractivity contribution is -0.0328. The molecule has 0 bridgehead atoms. The molecule has 1 aromatic rings. The number of alkyl halides is 3. The van der Waals surface area contributed by atoms with Gasteiger partial charge in [-0.15, -0.1) is 0 Å². The van der Waals surface area contributed by atoms with Gasteiger partial charge in [0.15, 0.2) is 0 Å². The molecule has 194 valence electrons. The second-order valence-corrected chi connectivity index (χ2v) is 11.3. The van der Waals surface area contributed by atoms with Crippen molar-refractivity contribution in [2.45, 2.75) is 58.2 Å². The molecule has 1 unspecified atom stereocenters. The molecule has 10 heteroatoms. The van der Waals surface area contributed by atoms with Crippen LogP contribution in [0.1, 0.15) is 50.0 Å². The van der Waals surface area contributed by atoms with Gasteiger partial charge in [0.1, 0.15) is 5.60 Å². The maximum atomic E-state index is 12.7. The van der Waals surface area contributed by atoms with Crippen LogP contribution >= 0.6 is 11.8 Å². The van der Waals surface area contributed by atoms with Crippen LogP contribution in [0.4, 0.5) is 18.0 Å². The predicted molar refractivity (Wildman–Crippen MR) is 132 cm³/mol. The molecule has 3 rings (SSSR count). The van der Waals surface area contributed by atoms with Crippen molar-refractivity contribution in [3.05, 3.63) is 33.7 Å². The molecule has 1 fully saturated rings. The molecule has 0 aromatic heterocycles. The number of rotatable bonds is 6. The molecule has 6 nitrogen and oxygen atoms in total. The Hall–Kier alpha value is -2.36. The van der Waals surface area contributed by atoms with Gasteiger partial charge in [-0.1, -0.05) is 12.1 Å². The number of hydrogen-bond donors (Lipinski definition) is 1. The van der Waals surface area contributed by atoms with Crippen molar-refractivity contribution in [2.24, 2.45) is 5.92 Å². The minimum absolute atomic E-state index is 0.0611. The summed E-state index contributed by atoms with van der Waals surface area (Å²) in [7, 11) is 0. The molecule has 2 amide bonds. The highest BCUT2D eigenvalue weighted by Gasteiger charge is 2.35. The minimum atomic E-state index is -4.31. The van der Waals surface area contributed by atoms with E-state index >= 15 is 0 Å². The minimum Gasteiger partial charge on any atom is -0.444 e. The van der Waals surface area contributed by atoms with E-state index in [2.05, 4.69) is 29.4 Å². The Labute approximate surface area is 208 Å². The zero-order chi connectivity index (χ0) is 26.0. The molecule has 0 radical (unpaired) electrons. The van der Waals surface area contributed by atoms with Crippen LogP contribution in [-0.4, -0.2) is 70.9 Å². The van der Waals surface area contributed by atoms with Gasteiger partial charge in [0.05, 0.1) is 0 Å². The Morgan fingerprint density at radius 1 is 1.20 bits per heavy atom. The number of ether oxygens (including phenoxy) is 1. The highest BCUT2D eigenvalue weighted by Crippen LogP contribution is 2.29. The highest BCUT2D eigenvalue weighted by atomic mass is 32.2. The summed E-state index contributed by atoms with van der Waals surface area (Å²) < 4.78 is 42.4. The summed E-state index contributed by atoms with van der Waals surface area (Å²) in [4.78, 5) is 28.9. The number of nitrogens with zero attached hydrogens (tertiary/aromatic N) is 2. The fraction of sp³-hybridized carbons (Fsp3) is 0.600. The second-order valence-electron chi connectivity index (χ2n) is 10.2. The van der Waals surface area contributed by atoms with E-state index in [0.717, 1.165) is 29.0 Å². The number of carbonyl (C=O) groups excluding carboxylic acids is 2. The number of hydrogen-bond acceptors (Lipinski definition) is 5. The number of nitrogens with one attached hydrogen (secondary N) is 1. The molecule has 2 aliphatic rings. The lowest BCUT2D eigenvalue weighted by Gasteiger charge is -2.42. The molecule has 2 heterocycles. The van der Waals surface area contributed by atoms with Gasteiger partial charge in [-0.05, 0) is 69.6 Å². The summed E-state index contributed by atoms with van der Waals surface area (Å²) in [6, 6.07) is 3.87.